The predicted octanol–water partition coefficient (Wildman–Crippen LogP) is 3.94. The van der Waals surface area contributed by atoms with Crippen LogP contribution in [0.15, 0.2) is 18.2 Å². The van der Waals surface area contributed by atoms with E-state index in [-0.39, 0.29) is 21.2 Å². The third kappa shape index (κ3) is 3.20. The van der Waals surface area contributed by atoms with Gasteiger partial charge in [-0.3, -0.25) is 4.79 Å². The first-order valence-corrected chi connectivity index (χ1v) is 6.78. The predicted molar refractivity (Wildman–Crippen MR) is 75.3 cm³/mol. The van der Waals surface area contributed by atoms with Crippen LogP contribution in [0.1, 0.15) is 25.6 Å². The lowest BCUT2D eigenvalue weighted by Gasteiger charge is -2.06. The number of benzene rings is 1. The number of halogens is 3. The number of rotatable bonds is 3. The normalized spacial score (nSPS) is 10.5. The Labute approximate surface area is 127 Å². The van der Waals surface area contributed by atoms with Crippen LogP contribution in [0.3, 0.4) is 0 Å². The zero-order valence-corrected chi connectivity index (χ0v) is 12.1. The second-order valence-corrected chi connectivity index (χ2v) is 5.77. The van der Waals surface area contributed by atoms with Crippen molar-refractivity contribution < 1.29 is 23.5 Å². The summed E-state index contributed by atoms with van der Waals surface area (Å²) in [4.78, 5) is 23.7. The molecule has 0 bridgehead atoms. The largest absolute Gasteiger partial charge is 0.478 e. The van der Waals surface area contributed by atoms with Gasteiger partial charge >= 0.3 is 5.97 Å². The number of aromatic carboxylic acids is 1. The van der Waals surface area contributed by atoms with Gasteiger partial charge in [0, 0.05) is 4.88 Å². The highest BCUT2D eigenvalue weighted by molar-refractivity contribution is 7.16. The smallest absolute Gasteiger partial charge is 0.338 e. The number of thiophene rings is 1. The fourth-order valence-electron chi connectivity index (χ4n) is 1.63. The molecule has 1 aromatic heterocycles. The summed E-state index contributed by atoms with van der Waals surface area (Å²) >= 11 is 6.74. The lowest BCUT2D eigenvalue weighted by Crippen LogP contribution is -2.14. The molecule has 0 aliphatic heterocycles. The van der Waals surface area contributed by atoms with Gasteiger partial charge in [-0.2, -0.15) is 0 Å². The number of hydrogen-bond acceptors (Lipinski definition) is 3. The highest BCUT2D eigenvalue weighted by Gasteiger charge is 2.19. The van der Waals surface area contributed by atoms with Gasteiger partial charge in [-0.1, -0.05) is 11.6 Å². The summed E-state index contributed by atoms with van der Waals surface area (Å²) in [7, 11) is 0. The maximum absolute atomic E-state index is 13.2. The molecule has 0 aliphatic carbocycles. The molecule has 2 aromatic rings. The summed E-state index contributed by atoms with van der Waals surface area (Å²) in [5, 5.41) is 11.2. The van der Waals surface area contributed by atoms with Crippen molar-refractivity contribution in [3.63, 3.8) is 0 Å². The molecule has 0 fully saturated rings. The molecule has 4 nitrogen and oxygen atoms in total. The number of carboxylic acids is 1. The number of carbonyl (C=O) groups is 2. The van der Waals surface area contributed by atoms with E-state index in [4.69, 9.17) is 16.7 Å². The number of hydrogen-bond donors (Lipinski definition) is 2. The second kappa shape index (κ2) is 5.79. The Morgan fingerprint density at radius 3 is 2.43 bits per heavy atom. The van der Waals surface area contributed by atoms with Gasteiger partial charge in [0.25, 0.3) is 5.91 Å². The number of carboxylic acid groups (broad SMARTS) is 1. The first kappa shape index (κ1) is 15.4. The standard InChI is InChI=1S/C13H8ClF2NO3S/c1-5-2-7(13(19)20)12(21-5)17-11(18)6-3-9(15)10(16)4-8(6)14/h2-4H,1H3,(H,17,18)(H,19,20). The van der Waals surface area contributed by atoms with Crippen LogP contribution in [0.5, 0.6) is 0 Å². The molecule has 1 aromatic carbocycles. The van der Waals surface area contributed by atoms with E-state index < -0.39 is 23.5 Å². The minimum absolute atomic E-state index is 0.0791. The van der Waals surface area contributed by atoms with Crippen LogP contribution in [0.2, 0.25) is 5.02 Å². The van der Waals surface area contributed by atoms with Gasteiger partial charge < -0.3 is 10.4 Å². The molecule has 2 rings (SSSR count). The average Bonchev–Trinajstić information content (AvgIpc) is 2.74. The summed E-state index contributed by atoms with van der Waals surface area (Å²) < 4.78 is 26.1. The monoisotopic (exact) mass is 331 g/mol. The Balaban J connectivity index is 2.35. The van der Waals surface area contributed by atoms with E-state index in [1.807, 2.05) is 0 Å². The summed E-state index contributed by atoms with van der Waals surface area (Å²) in [5.74, 6) is -4.41. The number of carbonyl (C=O) groups excluding carboxylic acids is 1. The van der Waals surface area contributed by atoms with Crippen LogP contribution < -0.4 is 5.32 Å². The molecular formula is C13H8ClF2NO3S. The summed E-state index contributed by atoms with van der Waals surface area (Å²) in [5.41, 5.74) is -0.359. The Morgan fingerprint density at radius 2 is 1.81 bits per heavy atom. The summed E-state index contributed by atoms with van der Waals surface area (Å²) in [6, 6.07) is 2.74. The highest BCUT2D eigenvalue weighted by Crippen LogP contribution is 2.29. The molecule has 110 valence electrons. The van der Waals surface area contributed by atoms with Gasteiger partial charge in [-0.25, -0.2) is 13.6 Å². The van der Waals surface area contributed by atoms with Gasteiger partial charge in [-0.05, 0) is 25.1 Å². The van der Waals surface area contributed by atoms with Crippen LogP contribution in [-0.4, -0.2) is 17.0 Å². The van der Waals surface area contributed by atoms with E-state index in [9.17, 15) is 18.4 Å². The molecule has 1 amide bonds. The summed E-state index contributed by atoms with van der Waals surface area (Å²) in [6.45, 7) is 1.68. The molecule has 1 heterocycles. The van der Waals surface area contributed by atoms with Crippen molar-refractivity contribution in [2.75, 3.05) is 5.32 Å². The van der Waals surface area contributed by atoms with Crippen molar-refractivity contribution in [2.24, 2.45) is 0 Å². The van der Waals surface area contributed by atoms with Crippen LogP contribution in [0.4, 0.5) is 13.8 Å². The van der Waals surface area contributed by atoms with Crippen LogP contribution in [0.25, 0.3) is 0 Å². The van der Waals surface area contributed by atoms with Gasteiger partial charge in [-0.15, -0.1) is 11.3 Å². The molecule has 2 N–H and O–H groups in total. The topological polar surface area (TPSA) is 66.4 Å². The number of amides is 1. The molecular weight excluding hydrogens is 324 g/mol. The van der Waals surface area contributed by atoms with Gasteiger partial charge in [0.05, 0.1) is 16.1 Å². The fraction of sp³-hybridized carbons (Fsp3) is 0.0769. The molecule has 0 radical (unpaired) electrons. The van der Waals surface area contributed by atoms with Crippen molar-refractivity contribution in [1.29, 1.82) is 0 Å². The van der Waals surface area contributed by atoms with E-state index in [0.29, 0.717) is 17.0 Å². The highest BCUT2D eigenvalue weighted by atomic mass is 35.5. The number of nitrogens with one attached hydrogen (secondary N) is 1. The third-order valence-corrected chi connectivity index (χ3v) is 3.85. The molecule has 8 heteroatoms. The Bertz CT molecular complexity index is 745. The molecule has 0 atom stereocenters. The minimum atomic E-state index is -1.22. The first-order chi connectivity index (χ1) is 9.79. The maximum Gasteiger partial charge on any atom is 0.338 e. The number of anilines is 1. The molecule has 0 saturated heterocycles. The number of aryl methyl sites for hydroxylation is 1. The molecule has 0 saturated carbocycles. The van der Waals surface area contributed by atoms with Crippen molar-refractivity contribution in [3.8, 4) is 0 Å². The minimum Gasteiger partial charge on any atom is -0.478 e. The lowest BCUT2D eigenvalue weighted by molar-refractivity contribution is 0.0698. The van der Waals surface area contributed by atoms with Crippen LogP contribution >= 0.6 is 22.9 Å². The molecule has 21 heavy (non-hydrogen) atoms. The zero-order valence-electron chi connectivity index (χ0n) is 10.5. The average molecular weight is 332 g/mol. The third-order valence-electron chi connectivity index (χ3n) is 2.57. The van der Waals surface area contributed by atoms with Gasteiger partial charge in [0.2, 0.25) is 0 Å². The zero-order chi connectivity index (χ0) is 15.7. The Hall–Kier alpha value is -1.99. The van der Waals surface area contributed by atoms with E-state index in [1.165, 1.54) is 6.07 Å². The fourth-order valence-corrected chi connectivity index (χ4v) is 2.77. The lowest BCUT2D eigenvalue weighted by atomic mass is 10.2. The van der Waals surface area contributed by atoms with E-state index in [0.717, 1.165) is 11.3 Å². The van der Waals surface area contributed by atoms with E-state index in [2.05, 4.69) is 5.32 Å². The Morgan fingerprint density at radius 1 is 1.19 bits per heavy atom. The molecule has 0 unspecified atom stereocenters. The van der Waals surface area contributed by atoms with Crippen LogP contribution in [0, 0.1) is 18.6 Å². The van der Waals surface area contributed by atoms with Gasteiger partial charge in [0.15, 0.2) is 11.6 Å². The summed E-state index contributed by atoms with van der Waals surface area (Å²) in [6.07, 6.45) is 0. The quantitative estimate of drug-likeness (QED) is 0.837. The van der Waals surface area contributed by atoms with E-state index >= 15 is 0 Å². The maximum atomic E-state index is 13.2. The van der Waals surface area contributed by atoms with Crippen molar-refractivity contribution in [3.05, 3.63) is 50.9 Å². The van der Waals surface area contributed by atoms with Crippen LogP contribution in [-0.2, 0) is 0 Å². The first-order valence-electron chi connectivity index (χ1n) is 5.59. The SMILES string of the molecule is Cc1cc(C(=O)O)c(NC(=O)c2cc(F)c(F)cc2Cl)s1. The van der Waals surface area contributed by atoms with Gasteiger partial charge in [0.1, 0.15) is 5.00 Å². The molecule has 0 aliphatic rings. The van der Waals surface area contributed by atoms with Crippen molar-refractivity contribution in [1.82, 2.24) is 0 Å². The Kier molecular flexibility index (Phi) is 4.24. The molecule has 0 spiro atoms. The van der Waals surface area contributed by atoms with Crippen molar-refractivity contribution in [2.45, 2.75) is 6.92 Å². The van der Waals surface area contributed by atoms with Crippen molar-refractivity contribution >= 4 is 39.8 Å². The second-order valence-electron chi connectivity index (χ2n) is 4.11. The van der Waals surface area contributed by atoms with E-state index in [1.54, 1.807) is 6.92 Å².